The van der Waals surface area contributed by atoms with E-state index in [1.54, 1.807) is 11.3 Å². The van der Waals surface area contributed by atoms with Gasteiger partial charge in [-0.2, -0.15) is 0 Å². The number of benzene rings is 1. The fourth-order valence-electron chi connectivity index (χ4n) is 2.71. The Balaban J connectivity index is 1.53. The maximum Gasteiger partial charge on any atom is 0.249 e. The highest BCUT2D eigenvalue weighted by atomic mass is 32.1. The fraction of sp³-hybridized carbons (Fsp3) is 0.300. The summed E-state index contributed by atoms with van der Waals surface area (Å²) in [6.07, 6.45) is 0. The molecule has 1 aromatic carbocycles. The Kier molecular flexibility index (Phi) is 5.41. The van der Waals surface area contributed by atoms with Gasteiger partial charge in [-0.3, -0.25) is 4.90 Å². The Morgan fingerprint density at radius 1 is 1.04 bits per heavy atom. The number of nitrogens with zero attached hydrogens (tertiary/aromatic N) is 3. The summed E-state index contributed by atoms with van der Waals surface area (Å²) in [5.41, 5.74) is 3.23. The highest BCUT2D eigenvalue weighted by Crippen LogP contribution is 2.21. The van der Waals surface area contributed by atoms with Gasteiger partial charge in [0.15, 0.2) is 5.69 Å². The molecule has 4 rings (SSSR count). The molecule has 6 heteroatoms. The van der Waals surface area contributed by atoms with Crippen molar-refractivity contribution < 1.29 is 9.47 Å². The molecule has 1 saturated heterocycles. The molecule has 0 bridgehead atoms. The summed E-state index contributed by atoms with van der Waals surface area (Å²) in [6, 6.07) is 9.86. The summed E-state index contributed by atoms with van der Waals surface area (Å²) in [4.78, 5) is 11.6. The third kappa shape index (κ3) is 4.20. The van der Waals surface area contributed by atoms with Gasteiger partial charge in [-0.1, -0.05) is 24.1 Å². The van der Waals surface area contributed by atoms with Gasteiger partial charge in [0.05, 0.1) is 13.2 Å². The normalized spacial score (nSPS) is 14.8. The smallest absolute Gasteiger partial charge is 0.249 e. The molecule has 5 nitrogen and oxygen atoms in total. The summed E-state index contributed by atoms with van der Waals surface area (Å²) >= 11 is 1.58. The van der Waals surface area contributed by atoms with Crippen molar-refractivity contribution in [1.29, 1.82) is 0 Å². The van der Waals surface area contributed by atoms with Crippen LogP contribution in [0.3, 0.4) is 0 Å². The number of rotatable bonds is 4. The molecule has 0 amide bonds. The first-order chi connectivity index (χ1) is 12.9. The molecular weight excluding hydrogens is 346 g/mol. The van der Waals surface area contributed by atoms with E-state index in [0.717, 1.165) is 49.4 Å². The van der Waals surface area contributed by atoms with Crippen molar-refractivity contribution in [2.24, 2.45) is 0 Å². The number of fused-ring (bicyclic) bond motifs is 1. The molecule has 0 spiro atoms. The van der Waals surface area contributed by atoms with Gasteiger partial charge in [0, 0.05) is 36.0 Å². The molecule has 3 heterocycles. The van der Waals surface area contributed by atoms with Crippen LogP contribution in [0, 0.1) is 11.8 Å². The van der Waals surface area contributed by atoms with Crippen molar-refractivity contribution in [3.63, 3.8) is 0 Å². The third-order valence-corrected chi connectivity index (χ3v) is 4.85. The highest BCUT2D eigenvalue weighted by Gasteiger charge is 2.12. The molecule has 0 aliphatic carbocycles. The Hall–Kier alpha value is -2.46. The van der Waals surface area contributed by atoms with Crippen molar-refractivity contribution in [2.45, 2.75) is 0 Å². The van der Waals surface area contributed by atoms with Gasteiger partial charge < -0.3 is 9.47 Å². The fourth-order valence-corrected chi connectivity index (χ4v) is 3.39. The van der Waals surface area contributed by atoms with E-state index in [-0.39, 0.29) is 0 Å². The molecule has 2 aromatic heterocycles. The predicted molar refractivity (Wildman–Crippen MR) is 103 cm³/mol. The van der Waals surface area contributed by atoms with E-state index in [0.29, 0.717) is 18.2 Å². The number of ether oxygens (including phenoxy) is 2. The van der Waals surface area contributed by atoms with Crippen LogP contribution < -0.4 is 4.74 Å². The minimum absolute atomic E-state index is 0.507. The zero-order valence-corrected chi connectivity index (χ0v) is 15.2. The SMILES string of the molecule is C(#Cc1nc2cscc2nc1OCCN1CCOCC1)c1ccccc1. The number of hydrogen-bond acceptors (Lipinski definition) is 6. The summed E-state index contributed by atoms with van der Waals surface area (Å²) in [7, 11) is 0. The molecular formula is C20H19N3O2S. The predicted octanol–water partition coefficient (Wildman–Crippen LogP) is 2.80. The van der Waals surface area contributed by atoms with E-state index in [1.165, 1.54) is 0 Å². The van der Waals surface area contributed by atoms with Gasteiger partial charge in [0.25, 0.3) is 0 Å². The number of morpholine rings is 1. The second-order valence-electron chi connectivity index (χ2n) is 5.94. The Morgan fingerprint density at radius 3 is 2.62 bits per heavy atom. The quantitative estimate of drug-likeness (QED) is 0.666. The van der Waals surface area contributed by atoms with Crippen molar-refractivity contribution in [3.05, 3.63) is 52.3 Å². The van der Waals surface area contributed by atoms with Crippen molar-refractivity contribution in [1.82, 2.24) is 14.9 Å². The Labute approximate surface area is 156 Å². The molecule has 0 atom stereocenters. The Morgan fingerprint density at radius 2 is 1.81 bits per heavy atom. The average Bonchev–Trinajstić information content (AvgIpc) is 3.15. The lowest BCUT2D eigenvalue weighted by atomic mass is 10.2. The largest absolute Gasteiger partial charge is 0.474 e. The summed E-state index contributed by atoms with van der Waals surface area (Å²) < 4.78 is 11.3. The first kappa shape index (κ1) is 17.0. The zero-order chi connectivity index (χ0) is 17.6. The zero-order valence-electron chi connectivity index (χ0n) is 14.4. The van der Waals surface area contributed by atoms with Crippen LogP contribution in [0.25, 0.3) is 11.0 Å². The van der Waals surface area contributed by atoms with E-state index in [4.69, 9.17) is 9.47 Å². The first-order valence-corrected chi connectivity index (χ1v) is 9.57. The topological polar surface area (TPSA) is 47.5 Å². The molecule has 132 valence electrons. The van der Waals surface area contributed by atoms with Crippen LogP contribution in [0.4, 0.5) is 0 Å². The summed E-state index contributed by atoms with van der Waals surface area (Å²) in [5.74, 6) is 6.77. The summed E-state index contributed by atoms with van der Waals surface area (Å²) in [6.45, 7) is 4.87. The van der Waals surface area contributed by atoms with E-state index in [9.17, 15) is 0 Å². The molecule has 0 unspecified atom stereocenters. The monoisotopic (exact) mass is 365 g/mol. The lowest BCUT2D eigenvalue weighted by molar-refractivity contribution is 0.0320. The number of aromatic nitrogens is 2. The first-order valence-electron chi connectivity index (χ1n) is 8.62. The molecule has 0 saturated carbocycles. The average molecular weight is 365 g/mol. The minimum Gasteiger partial charge on any atom is -0.474 e. The maximum absolute atomic E-state index is 5.95. The van der Waals surface area contributed by atoms with Crippen LogP contribution in [0.2, 0.25) is 0 Å². The van der Waals surface area contributed by atoms with E-state index in [2.05, 4.69) is 26.7 Å². The minimum atomic E-state index is 0.507. The van der Waals surface area contributed by atoms with Crippen LogP contribution in [-0.2, 0) is 4.74 Å². The van der Waals surface area contributed by atoms with Crippen LogP contribution in [0.15, 0.2) is 41.1 Å². The highest BCUT2D eigenvalue weighted by molar-refractivity contribution is 7.09. The van der Waals surface area contributed by atoms with Crippen LogP contribution in [-0.4, -0.2) is 54.3 Å². The van der Waals surface area contributed by atoms with Crippen molar-refractivity contribution in [2.75, 3.05) is 39.5 Å². The van der Waals surface area contributed by atoms with Crippen molar-refractivity contribution >= 4 is 22.4 Å². The second kappa shape index (κ2) is 8.28. The molecule has 1 fully saturated rings. The van der Waals surface area contributed by atoms with Crippen molar-refractivity contribution in [3.8, 4) is 17.7 Å². The molecule has 0 radical (unpaired) electrons. The number of thiophene rings is 1. The van der Waals surface area contributed by atoms with E-state index in [1.807, 2.05) is 41.1 Å². The van der Waals surface area contributed by atoms with Gasteiger partial charge >= 0.3 is 0 Å². The summed E-state index contributed by atoms with van der Waals surface area (Å²) in [5, 5.41) is 3.96. The van der Waals surface area contributed by atoms with E-state index >= 15 is 0 Å². The Bertz CT molecular complexity index is 924. The van der Waals surface area contributed by atoms with Crippen LogP contribution in [0.1, 0.15) is 11.3 Å². The number of hydrogen-bond donors (Lipinski definition) is 0. The molecule has 1 aliphatic heterocycles. The molecule has 1 aliphatic rings. The lowest BCUT2D eigenvalue weighted by Gasteiger charge is -2.26. The van der Waals surface area contributed by atoms with Gasteiger partial charge in [0.2, 0.25) is 5.88 Å². The van der Waals surface area contributed by atoms with Gasteiger partial charge in [-0.15, -0.1) is 11.3 Å². The lowest BCUT2D eigenvalue weighted by Crippen LogP contribution is -2.38. The van der Waals surface area contributed by atoms with Crippen LogP contribution in [0.5, 0.6) is 5.88 Å². The second-order valence-corrected chi connectivity index (χ2v) is 6.68. The molecule has 26 heavy (non-hydrogen) atoms. The molecule has 0 N–H and O–H groups in total. The maximum atomic E-state index is 5.95. The van der Waals surface area contributed by atoms with E-state index < -0.39 is 0 Å². The van der Waals surface area contributed by atoms with Crippen LogP contribution >= 0.6 is 11.3 Å². The molecule has 3 aromatic rings. The van der Waals surface area contributed by atoms with Gasteiger partial charge in [-0.05, 0) is 18.1 Å². The van der Waals surface area contributed by atoms with Gasteiger partial charge in [-0.25, -0.2) is 9.97 Å². The van der Waals surface area contributed by atoms with Gasteiger partial charge in [0.1, 0.15) is 17.6 Å². The standard InChI is InChI=1S/C20H19N3O2S/c1-2-4-16(5-3-1)6-7-17-20(22-19-15-26-14-18(19)21-17)25-13-10-23-8-11-24-12-9-23/h1-5,14-15H,8-13H2. The third-order valence-electron chi connectivity index (χ3n) is 4.13.